The van der Waals surface area contributed by atoms with Crippen molar-refractivity contribution in [2.45, 2.75) is 26.0 Å². The number of halogens is 4. The Bertz CT molecular complexity index is 1050. The Kier molecular flexibility index (Phi) is 4.91. The van der Waals surface area contributed by atoms with Crippen molar-refractivity contribution in [1.29, 1.82) is 0 Å². The lowest BCUT2D eigenvalue weighted by molar-refractivity contribution is -0.147. The van der Waals surface area contributed by atoms with Gasteiger partial charge in [-0.25, -0.2) is 4.68 Å². The molecule has 152 valence electrons. The Labute approximate surface area is 167 Å². The van der Waals surface area contributed by atoms with Crippen LogP contribution in [0.25, 0.3) is 0 Å². The number of nitrogens with zero attached hydrogens (tertiary/aromatic N) is 6. The molecule has 8 nitrogen and oxygen atoms in total. The maximum absolute atomic E-state index is 12.9. The minimum atomic E-state index is -4.58. The van der Waals surface area contributed by atoms with Gasteiger partial charge in [-0.15, -0.1) is 10.2 Å². The molecule has 1 aliphatic rings. The summed E-state index contributed by atoms with van der Waals surface area (Å²) in [5.74, 6) is -0.825. The number of amides is 1. The normalized spacial score (nSPS) is 14.0. The second kappa shape index (κ2) is 7.39. The number of hydrogen-bond acceptors (Lipinski definition) is 5. The van der Waals surface area contributed by atoms with Gasteiger partial charge in [0.25, 0.3) is 5.91 Å². The molecule has 0 unspecified atom stereocenters. The van der Waals surface area contributed by atoms with Crippen LogP contribution in [-0.2, 0) is 26.0 Å². The molecule has 0 saturated carbocycles. The molecule has 0 aliphatic carbocycles. The number of alkyl halides is 3. The molecule has 4 rings (SSSR count). The fourth-order valence-corrected chi connectivity index (χ4v) is 3.13. The summed E-state index contributed by atoms with van der Waals surface area (Å²) in [4.78, 5) is 14.0. The van der Waals surface area contributed by atoms with E-state index in [0.29, 0.717) is 10.8 Å². The molecule has 3 heterocycles. The Morgan fingerprint density at radius 3 is 2.79 bits per heavy atom. The van der Waals surface area contributed by atoms with Gasteiger partial charge in [0.15, 0.2) is 18.2 Å². The van der Waals surface area contributed by atoms with Gasteiger partial charge in [0.1, 0.15) is 5.75 Å². The Morgan fingerprint density at radius 2 is 2.03 bits per heavy atom. The van der Waals surface area contributed by atoms with Crippen molar-refractivity contribution in [3.8, 4) is 5.75 Å². The van der Waals surface area contributed by atoms with Crippen LogP contribution in [0.4, 0.5) is 13.2 Å². The largest absolute Gasteiger partial charge is 0.471 e. The lowest BCUT2D eigenvalue weighted by atomic mass is 10.3. The average molecular weight is 427 g/mol. The smallest absolute Gasteiger partial charge is 0.451 e. The molecule has 1 aliphatic heterocycles. The van der Waals surface area contributed by atoms with Crippen molar-refractivity contribution in [2.75, 3.05) is 6.54 Å². The molecular weight excluding hydrogens is 413 g/mol. The fraction of sp³-hybridized carbons (Fsp3) is 0.294. The van der Waals surface area contributed by atoms with Gasteiger partial charge >= 0.3 is 6.18 Å². The molecule has 1 amide bonds. The van der Waals surface area contributed by atoms with E-state index in [-0.39, 0.29) is 37.9 Å². The summed E-state index contributed by atoms with van der Waals surface area (Å²) >= 11 is 5.89. The number of fused-ring (bicyclic) bond motifs is 1. The highest BCUT2D eigenvalue weighted by molar-refractivity contribution is 6.30. The van der Waals surface area contributed by atoms with Crippen molar-refractivity contribution < 1.29 is 22.7 Å². The summed E-state index contributed by atoms with van der Waals surface area (Å²) in [6.07, 6.45) is -3.01. The first kappa shape index (κ1) is 19.2. The number of benzene rings is 1. The van der Waals surface area contributed by atoms with E-state index in [0.717, 1.165) is 4.57 Å². The van der Waals surface area contributed by atoms with E-state index in [1.807, 2.05) is 0 Å². The molecule has 3 aromatic rings. The highest BCUT2D eigenvalue weighted by Gasteiger charge is 2.40. The van der Waals surface area contributed by atoms with E-state index in [1.54, 1.807) is 30.5 Å². The minimum absolute atomic E-state index is 0.0402. The summed E-state index contributed by atoms with van der Waals surface area (Å²) in [5.41, 5.74) is 0.156. The second-order valence-electron chi connectivity index (χ2n) is 6.29. The zero-order chi connectivity index (χ0) is 20.6. The summed E-state index contributed by atoms with van der Waals surface area (Å²) in [6, 6.07) is 8.37. The predicted molar refractivity (Wildman–Crippen MR) is 94.1 cm³/mol. The van der Waals surface area contributed by atoms with Crippen LogP contribution in [0.1, 0.15) is 22.1 Å². The van der Waals surface area contributed by atoms with Crippen molar-refractivity contribution in [3.63, 3.8) is 0 Å². The van der Waals surface area contributed by atoms with Crippen molar-refractivity contribution in [1.82, 2.24) is 29.4 Å². The van der Waals surface area contributed by atoms with Crippen LogP contribution in [0.5, 0.6) is 5.75 Å². The summed E-state index contributed by atoms with van der Waals surface area (Å²) in [6.45, 7) is 0.0466. The topological polar surface area (TPSA) is 78.1 Å². The minimum Gasteiger partial charge on any atom is -0.471 e. The van der Waals surface area contributed by atoms with Gasteiger partial charge in [-0.05, 0) is 24.3 Å². The van der Waals surface area contributed by atoms with Crippen LogP contribution in [-0.4, -0.2) is 41.9 Å². The summed E-state index contributed by atoms with van der Waals surface area (Å²) in [7, 11) is 0. The molecule has 0 N–H and O–H groups in total. The second-order valence-corrected chi connectivity index (χ2v) is 6.72. The quantitative estimate of drug-likeness (QED) is 0.641. The third kappa shape index (κ3) is 4.04. The standard InChI is InChI=1S/C17H14ClF3N6O2/c18-11-2-1-3-12(8-11)29-10-26-5-4-13(24-26)15(28)25-6-7-27-14(9-25)22-23-16(27)17(19,20)21/h1-5,8H,6-7,9-10H2. The number of carbonyl (C=O) groups is 1. The van der Waals surface area contributed by atoms with E-state index >= 15 is 0 Å². The number of ether oxygens (including phenoxy) is 1. The molecule has 0 atom stereocenters. The zero-order valence-corrected chi connectivity index (χ0v) is 15.6. The molecule has 2 aromatic heterocycles. The van der Waals surface area contributed by atoms with E-state index in [4.69, 9.17) is 16.3 Å². The van der Waals surface area contributed by atoms with E-state index in [1.165, 1.54) is 15.6 Å². The summed E-state index contributed by atoms with van der Waals surface area (Å²) in [5, 5.41) is 11.5. The first-order chi connectivity index (χ1) is 13.8. The predicted octanol–water partition coefficient (Wildman–Crippen LogP) is 2.84. The number of carbonyl (C=O) groups excluding carboxylic acids is 1. The van der Waals surface area contributed by atoms with Crippen LogP contribution in [0.15, 0.2) is 36.5 Å². The molecule has 0 saturated heterocycles. The van der Waals surface area contributed by atoms with Crippen LogP contribution >= 0.6 is 11.6 Å². The molecule has 29 heavy (non-hydrogen) atoms. The van der Waals surface area contributed by atoms with Crippen LogP contribution in [0.3, 0.4) is 0 Å². The fourth-order valence-electron chi connectivity index (χ4n) is 2.95. The monoisotopic (exact) mass is 426 g/mol. The molecule has 0 spiro atoms. The van der Waals surface area contributed by atoms with Gasteiger partial charge in [0, 0.05) is 24.3 Å². The van der Waals surface area contributed by atoms with Crippen LogP contribution in [0.2, 0.25) is 5.02 Å². The molecule has 0 bridgehead atoms. The highest BCUT2D eigenvalue weighted by atomic mass is 35.5. The van der Waals surface area contributed by atoms with Gasteiger partial charge in [-0.1, -0.05) is 17.7 Å². The lowest BCUT2D eigenvalue weighted by Gasteiger charge is -2.27. The molecular formula is C17H14ClF3N6O2. The first-order valence-corrected chi connectivity index (χ1v) is 8.89. The maximum Gasteiger partial charge on any atom is 0.451 e. The van der Waals surface area contributed by atoms with Gasteiger partial charge in [-0.2, -0.15) is 18.3 Å². The van der Waals surface area contributed by atoms with E-state index in [9.17, 15) is 18.0 Å². The highest BCUT2D eigenvalue weighted by Crippen LogP contribution is 2.29. The van der Waals surface area contributed by atoms with Crippen molar-refractivity contribution in [3.05, 3.63) is 58.9 Å². The third-order valence-electron chi connectivity index (χ3n) is 4.31. The third-order valence-corrected chi connectivity index (χ3v) is 4.55. The maximum atomic E-state index is 12.9. The molecule has 12 heteroatoms. The van der Waals surface area contributed by atoms with Gasteiger partial charge in [0.05, 0.1) is 6.54 Å². The Morgan fingerprint density at radius 1 is 1.21 bits per heavy atom. The molecule has 1 aromatic carbocycles. The summed E-state index contributed by atoms with van der Waals surface area (Å²) < 4.78 is 46.7. The van der Waals surface area contributed by atoms with Crippen LogP contribution in [0, 0.1) is 0 Å². The van der Waals surface area contributed by atoms with E-state index in [2.05, 4.69) is 15.3 Å². The van der Waals surface area contributed by atoms with Gasteiger partial charge < -0.3 is 14.2 Å². The number of rotatable bonds is 4. The van der Waals surface area contributed by atoms with Crippen LogP contribution < -0.4 is 4.74 Å². The van der Waals surface area contributed by atoms with E-state index < -0.39 is 17.9 Å². The average Bonchev–Trinajstić information content (AvgIpc) is 3.32. The Hall–Kier alpha value is -3.08. The molecule has 0 radical (unpaired) electrons. The van der Waals surface area contributed by atoms with Crippen molar-refractivity contribution >= 4 is 17.5 Å². The van der Waals surface area contributed by atoms with Crippen molar-refractivity contribution in [2.24, 2.45) is 0 Å². The zero-order valence-electron chi connectivity index (χ0n) is 14.8. The van der Waals surface area contributed by atoms with Gasteiger partial charge in [0.2, 0.25) is 5.82 Å². The SMILES string of the molecule is O=C(c1ccn(COc2cccc(Cl)c2)n1)N1CCn2c(nnc2C(F)(F)F)C1. The van der Waals surface area contributed by atoms with Gasteiger partial charge in [-0.3, -0.25) is 4.79 Å². The Balaban J connectivity index is 1.41. The molecule has 0 fully saturated rings. The first-order valence-electron chi connectivity index (χ1n) is 8.51. The number of aromatic nitrogens is 5. The lowest BCUT2D eigenvalue weighted by Crippen LogP contribution is -2.39. The number of hydrogen-bond donors (Lipinski definition) is 0.